The molecular weight excluding hydrogens is 284 g/mol. The van der Waals surface area contributed by atoms with Crippen LogP contribution in [-0.4, -0.2) is 64.6 Å². The highest BCUT2D eigenvalue weighted by atomic mass is 16.6. The molecule has 0 amide bonds. The van der Waals surface area contributed by atoms with Crippen LogP contribution in [0.5, 0.6) is 0 Å². The Morgan fingerprint density at radius 1 is 0.682 bits per heavy atom. The molecule has 0 saturated heterocycles. The lowest BCUT2D eigenvalue weighted by Gasteiger charge is -2.13. The van der Waals surface area contributed by atoms with Gasteiger partial charge in [-0.2, -0.15) is 0 Å². The average Bonchev–Trinajstić information content (AvgIpc) is 2.54. The first-order chi connectivity index (χ1) is 10.8. The van der Waals surface area contributed by atoms with Crippen molar-refractivity contribution in [1.29, 1.82) is 0 Å². The summed E-state index contributed by atoms with van der Waals surface area (Å²) in [6.07, 6.45) is 6.32. The second-order valence-electron chi connectivity index (χ2n) is 5.38. The van der Waals surface area contributed by atoms with Gasteiger partial charge in [-0.1, -0.05) is 33.1 Å². The molecule has 0 aromatic carbocycles. The summed E-state index contributed by atoms with van der Waals surface area (Å²) in [6.45, 7) is 9.27. The third-order valence-corrected chi connectivity index (χ3v) is 3.53. The van der Waals surface area contributed by atoms with Crippen LogP contribution in [-0.2, 0) is 18.9 Å². The Kier molecular flexibility index (Phi) is 18.7. The Labute approximate surface area is 136 Å². The fourth-order valence-electron chi connectivity index (χ4n) is 2.26. The lowest BCUT2D eigenvalue weighted by Crippen LogP contribution is -2.13. The first kappa shape index (κ1) is 21.8. The van der Waals surface area contributed by atoms with Crippen LogP contribution in [0, 0.1) is 5.92 Å². The molecule has 0 saturated carbocycles. The number of hydrogen-bond acceptors (Lipinski definition) is 5. The Morgan fingerprint density at radius 3 is 1.64 bits per heavy atom. The molecule has 1 atom stereocenters. The molecule has 0 aliphatic carbocycles. The molecule has 0 rings (SSSR count). The highest BCUT2D eigenvalue weighted by Gasteiger charge is 2.04. The number of aliphatic hydroxyl groups excluding tert-OH is 1. The van der Waals surface area contributed by atoms with E-state index in [1.807, 2.05) is 0 Å². The summed E-state index contributed by atoms with van der Waals surface area (Å²) in [7, 11) is 0. The van der Waals surface area contributed by atoms with Gasteiger partial charge >= 0.3 is 0 Å². The van der Waals surface area contributed by atoms with E-state index in [2.05, 4.69) is 13.8 Å². The molecule has 0 radical (unpaired) electrons. The molecule has 0 fully saturated rings. The van der Waals surface area contributed by atoms with E-state index in [1.54, 1.807) is 0 Å². The first-order valence-corrected chi connectivity index (χ1v) is 8.76. The molecule has 1 unspecified atom stereocenters. The van der Waals surface area contributed by atoms with Crippen LogP contribution in [0.4, 0.5) is 0 Å². The molecule has 0 aromatic rings. The van der Waals surface area contributed by atoms with Gasteiger partial charge in [0.1, 0.15) is 0 Å². The van der Waals surface area contributed by atoms with Gasteiger partial charge in [-0.15, -0.1) is 0 Å². The summed E-state index contributed by atoms with van der Waals surface area (Å²) in [5.41, 5.74) is 0. The number of hydrogen-bond donors (Lipinski definition) is 1. The van der Waals surface area contributed by atoms with Gasteiger partial charge < -0.3 is 24.1 Å². The predicted molar refractivity (Wildman–Crippen MR) is 88.3 cm³/mol. The molecule has 22 heavy (non-hydrogen) atoms. The zero-order valence-electron chi connectivity index (χ0n) is 14.6. The van der Waals surface area contributed by atoms with Gasteiger partial charge in [0.25, 0.3) is 0 Å². The van der Waals surface area contributed by atoms with Crippen molar-refractivity contribution in [1.82, 2.24) is 0 Å². The minimum Gasteiger partial charge on any atom is -0.394 e. The molecular formula is C17H36O5. The molecule has 5 nitrogen and oxygen atoms in total. The highest BCUT2D eigenvalue weighted by Crippen LogP contribution is 2.16. The summed E-state index contributed by atoms with van der Waals surface area (Å²) in [6, 6.07) is 0. The molecule has 0 aliphatic rings. The van der Waals surface area contributed by atoms with Crippen LogP contribution < -0.4 is 0 Å². The van der Waals surface area contributed by atoms with Crippen LogP contribution in [0.3, 0.4) is 0 Å². The van der Waals surface area contributed by atoms with Crippen LogP contribution in [0.25, 0.3) is 0 Å². The second kappa shape index (κ2) is 18.8. The average molecular weight is 320 g/mol. The van der Waals surface area contributed by atoms with E-state index in [9.17, 15) is 0 Å². The van der Waals surface area contributed by atoms with E-state index in [-0.39, 0.29) is 6.61 Å². The maximum Gasteiger partial charge on any atom is 0.0701 e. The lowest BCUT2D eigenvalue weighted by atomic mass is 9.96. The molecule has 0 bridgehead atoms. The smallest absolute Gasteiger partial charge is 0.0701 e. The summed E-state index contributed by atoms with van der Waals surface area (Å²) in [5.74, 6) is 0.864. The fraction of sp³-hybridized carbons (Fsp3) is 1.00. The monoisotopic (exact) mass is 320 g/mol. The fourth-order valence-corrected chi connectivity index (χ4v) is 2.26. The van der Waals surface area contributed by atoms with Crippen molar-refractivity contribution < 1.29 is 24.1 Å². The molecule has 1 N–H and O–H groups in total. The lowest BCUT2D eigenvalue weighted by molar-refractivity contribution is -0.00597. The predicted octanol–water partition coefficient (Wildman–Crippen LogP) is 2.65. The molecule has 0 aromatic heterocycles. The Balaban J connectivity index is 3.08. The molecule has 5 heteroatoms. The van der Waals surface area contributed by atoms with Crippen molar-refractivity contribution in [2.24, 2.45) is 5.92 Å². The van der Waals surface area contributed by atoms with Crippen molar-refractivity contribution in [3.8, 4) is 0 Å². The maximum absolute atomic E-state index is 8.51. The Morgan fingerprint density at radius 2 is 1.18 bits per heavy atom. The first-order valence-electron chi connectivity index (χ1n) is 8.76. The molecule has 0 heterocycles. The van der Waals surface area contributed by atoms with Gasteiger partial charge in [-0.25, -0.2) is 0 Å². The van der Waals surface area contributed by atoms with Crippen molar-refractivity contribution in [3.05, 3.63) is 0 Å². The number of aliphatic hydroxyl groups is 1. The normalized spacial score (nSPS) is 12.7. The van der Waals surface area contributed by atoms with Gasteiger partial charge in [-0.05, 0) is 18.8 Å². The van der Waals surface area contributed by atoms with Crippen LogP contribution in [0.15, 0.2) is 0 Å². The van der Waals surface area contributed by atoms with E-state index in [0.29, 0.717) is 46.2 Å². The van der Waals surface area contributed by atoms with Crippen molar-refractivity contribution in [2.45, 2.75) is 46.0 Å². The third-order valence-electron chi connectivity index (χ3n) is 3.53. The van der Waals surface area contributed by atoms with E-state index < -0.39 is 0 Å². The van der Waals surface area contributed by atoms with Gasteiger partial charge in [0.05, 0.1) is 52.9 Å². The third kappa shape index (κ3) is 16.2. The summed E-state index contributed by atoms with van der Waals surface area (Å²) in [5, 5.41) is 8.51. The van der Waals surface area contributed by atoms with Gasteiger partial charge in [-0.3, -0.25) is 0 Å². The second-order valence-corrected chi connectivity index (χ2v) is 5.38. The highest BCUT2D eigenvalue weighted by molar-refractivity contribution is 4.56. The number of rotatable bonds is 18. The van der Waals surface area contributed by atoms with Gasteiger partial charge in [0.15, 0.2) is 0 Å². The minimum atomic E-state index is 0.0564. The summed E-state index contributed by atoms with van der Waals surface area (Å²) in [4.78, 5) is 0. The quantitative estimate of drug-likeness (QED) is 0.394. The summed E-state index contributed by atoms with van der Waals surface area (Å²) < 4.78 is 21.4. The van der Waals surface area contributed by atoms with Crippen LogP contribution in [0.1, 0.15) is 46.0 Å². The van der Waals surface area contributed by atoms with E-state index in [1.165, 1.54) is 25.7 Å². The van der Waals surface area contributed by atoms with E-state index in [0.717, 1.165) is 18.9 Å². The maximum atomic E-state index is 8.51. The van der Waals surface area contributed by atoms with Crippen LogP contribution in [0.2, 0.25) is 0 Å². The standard InChI is InChI=1S/C17H36O5/c1-3-6-17(4-2)7-5-9-19-11-13-21-15-16-22-14-12-20-10-8-18/h17-18H,3-16H2,1-2H3. The molecule has 0 spiro atoms. The minimum absolute atomic E-state index is 0.0564. The van der Waals surface area contributed by atoms with Gasteiger partial charge in [0.2, 0.25) is 0 Å². The molecule has 134 valence electrons. The zero-order chi connectivity index (χ0) is 16.3. The largest absolute Gasteiger partial charge is 0.394 e. The van der Waals surface area contributed by atoms with Crippen molar-refractivity contribution in [2.75, 3.05) is 59.5 Å². The Bertz CT molecular complexity index is 201. The van der Waals surface area contributed by atoms with Crippen LogP contribution >= 0.6 is 0 Å². The zero-order valence-corrected chi connectivity index (χ0v) is 14.6. The molecule has 0 aliphatic heterocycles. The van der Waals surface area contributed by atoms with Gasteiger partial charge in [0, 0.05) is 6.61 Å². The van der Waals surface area contributed by atoms with E-state index in [4.69, 9.17) is 24.1 Å². The topological polar surface area (TPSA) is 57.2 Å². The van der Waals surface area contributed by atoms with E-state index >= 15 is 0 Å². The summed E-state index contributed by atoms with van der Waals surface area (Å²) >= 11 is 0. The van der Waals surface area contributed by atoms with Crippen molar-refractivity contribution >= 4 is 0 Å². The Hall–Kier alpha value is -0.200. The van der Waals surface area contributed by atoms with Crippen molar-refractivity contribution in [3.63, 3.8) is 0 Å². The SMILES string of the molecule is CCCC(CC)CCCOCCOCCOCCOCCO. The number of ether oxygens (including phenoxy) is 4.